The topological polar surface area (TPSA) is 130 Å². The van der Waals surface area contributed by atoms with E-state index in [1.807, 2.05) is 12.1 Å². The average molecular weight is 705 g/mol. The minimum absolute atomic E-state index is 0.0969. The van der Waals surface area contributed by atoms with Crippen LogP contribution in [0, 0.1) is 23.4 Å². The number of ether oxygens (including phenoxy) is 1. The normalized spacial score (nSPS) is 17.5. The largest absolute Gasteiger partial charge is 0.481 e. The van der Waals surface area contributed by atoms with Crippen molar-refractivity contribution in [2.75, 3.05) is 11.5 Å². The summed E-state index contributed by atoms with van der Waals surface area (Å²) in [4.78, 5) is 54.7. The first kappa shape index (κ1) is 34.8. The first-order chi connectivity index (χ1) is 24.0. The predicted molar refractivity (Wildman–Crippen MR) is 179 cm³/mol. The maximum atomic E-state index is 14.9. The predicted octanol–water partition coefficient (Wildman–Crippen LogP) is 4.89. The zero-order chi connectivity index (χ0) is 35.6. The van der Waals surface area contributed by atoms with Gasteiger partial charge >= 0.3 is 5.97 Å². The van der Waals surface area contributed by atoms with Gasteiger partial charge in [0.15, 0.2) is 29.0 Å². The third-order valence-electron chi connectivity index (χ3n) is 9.04. The van der Waals surface area contributed by atoms with Crippen LogP contribution < -0.4 is 25.3 Å². The van der Waals surface area contributed by atoms with E-state index in [2.05, 4.69) is 5.09 Å². The van der Waals surface area contributed by atoms with Crippen LogP contribution in [0.2, 0.25) is 0 Å². The Morgan fingerprint density at radius 2 is 1.48 bits per heavy atom. The van der Waals surface area contributed by atoms with Crippen LogP contribution in [0.5, 0.6) is 5.75 Å². The van der Waals surface area contributed by atoms with Crippen molar-refractivity contribution in [3.63, 3.8) is 0 Å². The van der Waals surface area contributed by atoms with Crippen molar-refractivity contribution in [2.24, 2.45) is 5.92 Å². The number of carboxylic acid groups (broad SMARTS) is 1. The fourth-order valence-electron chi connectivity index (χ4n) is 6.59. The van der Waals surface area contributed by atoms with Gasteiger partial charge in [-0.2, -0.15) is 4.39 Å². The lowest BCUT2D eigenvalue weighted by Crippen LogP contribution is -2.52. The molecule has 0 aliphatic carbocycles. The highest BCUT2D eigenvalue weighted by Crippen LogP contribution is 2.44. The molecule has 0 aromatic heterocycles. The lowest BCUT2D eigenvalue weighted by Gasteiger charge is -2.31. The molecule has 258 valence electrons. The molecule has 1 amide bonds. The standard InChI is InChI=1S/C37H32F3N2O7P/c38-27-15-16-28(39)36(34(27)40)49-21-32(44)24(20-33(45)46)19-31(43)30-18-23-9-7-8-22-14-17-29(37(47)42(30)35(22)23)41-50(48,25-10-3-1-4-11-25)26-12-5-2-6-13-26/h1-13,15-16,24,29-30H,14,17-21H2,(H,41,48)(H,45,46)/t24?,29-,30-/m0/s1. The van der Waals surface area contributed by atoms with E-state index in [4.69, 9.17) is 4.74 Å². The summed E-state index contributed by atoms with van der Waals surface area (Å²) >= 11 is 0. The zero-order valence-electron chi connectivity index (χ0n) is 26.6. The molecule has 2 N–H and O–H groups in total. The fourth-order valence-corrected chi connectivity index (χ4v) is 9.05. The third kappa shape index (κ3) is 6.86. The Hall–Kier alpha value is -5.06. The molecular formula is C37H32F3N2O7P. The molecule has 2 aliphatic heterocycles. The van der Waals surface area contributed by atoms with Gasteiger partial charge in [-0.15, -0.1) is 0 Å². The summed E-state index contributed by atoms with van der Waals surface area (Å²) in [6.07, 6.45) is -0.633. The van der Waals surface area contributed by atoms with Gasteiger partial charge in [0.1, 0.15) is 6.61 Å². The fraction of sp³-hybridized carbons (Fsp3) is 0.243. The number of aliphatic carboxylic acids is 1. The Morgan fingerprint density at radius 3 is 2.12 bits per heavy atom. The van der Waals surface area contributed by atoms with E-state index in [0.717, 1.165) is 5.56 Å². The van der Waals surface area contributed by atoms with Crippen molar-refractivity contribution in [1.82, 2.24) is 5.09 Å². The minimum atomic E-state index is -3.59. The maximum Gasteiger partial charge on any atom is 0.304 e. The second-order valence-corrected chi connectivity index (χ2v) is 14.8. The number of hydrogen-bond acceptors (Lipinski definition) is 6. The lowest BCUT2D eigenvalue weighted by atomic mass is 9.90. The van der Waals surface area contributed by atoms with Gasteiger partial charge in [-0.05, 0) is 60.4 Å². The molecule has 6 rings (SSSR count). The second kappa shape index (κ2) is 14.4. The number of carboxylic acids is 1. The molecule has 0 spiro atoms. The van der Waals surface area contributed by atoms with Crippen molar-refractivity contribution in [3.05, 3.63) is 120 Å². The quantitative estimate of drug-likeness (QED) is 0.149. The number of aryl methyl sites for hydroxylation is 1. The van der Waals surface area contributed by atoms with Crippen LogP contribution in [0.3, 0.4) is 0 Å². The Labute approximate surface area is 285 Å². The van der Waals surface area contributed by atoms with Gasteiger partial charge in [0.05, 0.1) is 24.2 Å². The van der Waals surface area contributed by atoms with E-state index >= 15 is 0 Å². The van der Waals surface area contributed by atoms with Crippen LogP contribution in [0.1, 0.15) is 30.4 Å². The molecule has 0 radical (unpaired) electrons. The molecule has 0 fully saturated rings. The number of hydrogen-bond donors (Lipinski definition) is 2. The number of nitrogens with one attached hydrogen (secondary N) is 1. The van der Waals surface area contributed by atoms with E-state index in [0.29, 0.717) is 40.4 Å². The highest BCUT2D eigenvalue weighted by atomic mass is 31.2. The minimum Gasteiger partial charge on any atom is -0.481 e. The van der Waals surface area contributed by atoms with Crippen LogP contribution in [0.15, 0.2) is 91.0 Å². The van der Waals surface area contributed by atoms with Crippen LogP contribution >= 0.6 is 7.29 Å². The number of halogens is 3. The van der Waals surface area contributed by atoms with Crippen LogP contribution in [-0.4, -0.2) is 47.2 Å². The van der Waals surface area contributed by atoms with Crippen molar-refractivity contribution in [2.45, 2.75) is 44.2 Å². The smallest absolute Gasteiger partial charge is 0.304 e. The molecule has 13 heteroatoms. The number of carbonyl (C=O) groups excluding carboxylic acids is 3. The molecule has 4 aromatic carbocycles. The molecule has 4 aromatic rings. The zero-order valence-corrected chi connectivity index (χ0v) is 27.5. The van der Waals surface area contributed by atoms with Crippen molar-refractivity contribution in [3.8, 4) is 5.75 Å². The summed E-state index contributed by atoms with van der Waals surface area (Å²) in [7, 11) is -3.59. The number of benzene rings is 4. The molecule has 50 heavy (non-hydrogen) atoms. The number of amides is 1. The van der Waals surface area contributed by atoms with Crippen LogP contribution in [-0.2, 0) is 36.6 Å². The van der Waals surface area contributed by atoms with E-state index in [-0.39, 0.29) is 12.8 Å². The van der Waals surface area contributed by atoms with Gasteiger partial charge in [0, 0.05) is 29.4 Å². The summed E-state index contributed by atoms with van der Waals surface area (Å²) in [6, 6.07) is 22.0. The first-order valence-electron chi connectivity index (χ1n) is 15.9. The Bertz CT molecular complexity index is 1970. The van der Waals surface area contributed by atoms with Crippen molar-refractivity contribution in [1.29, 1.82) is 0 Å². The number of rotatable bonds is 13. The molecule has 0 saturated heterocycles. The number of ketones is 2. The van der Waals surface area contributed by atoms with E-state index in [9.17, 15) is 42.0 Å². The van der Waals surface area contributed by atoms with Gasteiger partial charge in [0.2, 0.25) is 19.0 Å². The SMILES string of the molecule is O=C(O)CC(CC(=O)[C@@H]1Cc2cccc3c2N1C(=O)[C@@H](NP(=O)(c1ccccc1)c1ccccc1)CC3)C(=O)COc1c(F)ccc(F)c1F. The molecule has 2 aliphatic rings. The molecular weight excluding hydrogens is 672 g/mol. The molecule has 1 unspecified atom stereocenters. The van der Waals surface area contributed by atoms with E-state index in [1.165, 1.54) is 4.90 Å². The van der Waals surface area contributed by atoms with Gasteiger partial charge in [-0.3, -0.25) is 28.6 Å². The number of Topliss-reactive ketones (excluding diaryl/α,β-unsaturated/α-hetero) is 2. The van der Waals surface area contributed by atoms with Crippen LogP contribution in [0.25, 0.3) is 0 Å². The molecule has 3 atom stereocenters. The van der Waals surface area contributed by atoms with E-state index < -0.39 is 91.4 Å². The lowest BCUT2D eigenvalue weighted by molar-refractivity contribution is -0.142. The Balaban J connectivity index is 1.27. The molecule has 2 heterocycles. The summed E-state index contributed by atoms with van der Waals surface area (Å²) in [5.41, 5.74) is 2.07. The summed E-state index contributed by atoms with van der Waals surface area (Å²) in [5.74, 6) is -10.4. The summed E-state index contributed by atoms with van der Waals surface area (Å²) < 4.78 is 61.7. The van der Waals surface area contributed by atoms with Gasteiger partial charge < -0.3 is 9.84 Å². The second-order valence-electron chi connectivity index (χ2n) is 12.2. The highest BCUT2D eigenvalue weighted by Gasteiger charge is 2.46. The van der Waals surface area contributed by atoms with Crippen molar-refractivity contribution < 1.29 is 46.8 Å². The molecule has 9 nitrogen and oxygen atoms in total. The molecule has 0 bridgehead atoms. The third-order valence-corrected chi connectivity index (χ3v) is 11.8. The van der Waals surface area contributed by atoms with E-state index in [1.54, 1.807) is 66.7 Å². The first-order valence-corrected chi connectivity index (χ1v) is 17.6. The van der Waals surface area contributed by atoms with Gasteiger partial charge in [-0.25, -0.2) is 13.9 Å². The number of para-hydroxylation sites is 1. The Morgan fingerprint density at radius 1 is 0.860 bits per heavy atom. The average Bonchev–Trinajstić information content (AvgIpc) is 3.46. The van der Waals surface area contributed by atoms with Crippen molar-refractivity contribution >= 4 is 47.0 Å². The van der Waals surface area contributed by atoms with Gasteiger partial charge in [0.25, 0.3) is 0 Å². The number of nitrogens with zero attached hydrogens (tertiary/aromatic N) is 1. The summed E-state index contributed by atoms with van der Waals surface area (Å²) in [5, 5.41) is 13.7. The monoisotopic (exact) mass is 704 g/mol. The number of carbonyl (C=O) groups is 4. The number of anilines is 1. The maximum absolute atomic E-state index is 14.9. The van der Waals surface area contributed by atoms with Gasteiger partial charge in [-0.1, -0.05) is 54.6 Å². The Kier molecular flexibility index (Phi) is 10.0. The van der Waals surface area contributed by atoms with Crippen LogP contribution in [0.4, 0.5) is 18.9 Å². The highest BCUT2D eigenvalue weighted by molar-refractivity contribution is 7.77. The summed E-state index contributed by atoms with van der Waals surface area (Å²) in [6.45, 7) is -1.03. The molecule has 0 saturated carbocycles.